The van der Waals surface area contributed by atoms with Gasteiger partial charge in [0.05, 0.1) is 41.4 Å². The van der Waals surface area contributed by atoms with Crippen LogP contribution in [0.3, 0.4) is 0 Å². The summed E-state index contributed by atoms with van der Waals surface area (Å²) in [6, 6.07) is 1.46. The molecule has 0 spiro atoms. The lowest BCUT2D eigenvalue weighted by Crippen LogP contribution is -2.35. The molecule has 3 heterocycles. The zero-order valence-electron chi connectivity index (χ0n) is 13.6. The zero-order chi connectivity index (χ0) is 18.4. The Bertz CT molecular complexity index is 929. The van der Waals surface area contributed by atoms with Crippen molar-refractivity contribution in [3.63, 3.8) is 0 Å². The highest BCUT2D eigenvalue weighted by Crippen LogP contribution is 2.28. The summed E-state index contributed by atoms with van der Waals surface area (Å²) in [5, 5.41) is 7.40. The van der Waals surface area contributed by atoms with Crippen molar-refractivity contribution < 1.29 is 17.9 Å². The second-order valence-electron chi connectivity index (χ2n) is 5.89. The summed E-state index contributed by atoms with van der Waals surface area (Å²) in [6.07, 6.45) is 3.93. The second-order valence-corrected chi connectivity index (χ2v) is 8.79. The van der Waals surface area contributed by atoms with Crippen molar-refractivity contribution in [1.29, 1.82) is 0 Å². The fourth-order valence-corrected chi connectivity index (χ4v) is 4.20. The van der Waals surface area contributed by atoms with Gasteiger partial charge in [-0.2, -0.15) is 9.40 Å². The van der Waals surface area contributed by atoms with Crippen LogP contribution in [-0.4, -0.2) is 66.8 Å². The van der Waals surface area contributed by atoms with Gasteiger partial charge in [-0.15, -0.1) is 0 Å². The summed E-state index contributed by atoms with van der Waals surface area (Å²) in [5.41, 5.74) is 6.85. The van der Waals surface area contributed by atoms with Gasteiger partial charge in [-0.05, 0) is 22.0 Å². The van der Waals surface area contributed by atoms with Crippen molar-refractivity contribution >= 4 is 43.1 Å². The minimum absolute atomic E-state index is 0.228. The molecule has 1 aliphatic rings. The Labute approximate surface area is 153 Å². The lowest BCUT2D eigenvalue weighted by atomic mass is 10.1. The molecule has 25 heavy (non-hydrogen) atoms. The van der Waals surface area contributed by atoms with Gasteiger partial charge in [0.15, 0.2) is 0 Å². The predicted molar refractivity (Wildman–Crippen MR) is 96.0 cm³/mol. The molecule has 136 valence electrons. The van der Waals surface area contributed by atoms with E-state index in [1.165, 1.54) is 17.6 Å². The van der Waals surface area contributed by atoms with Crippen molar-refractivity contribution in [2.45, 2.75) is 12.1 Å². The molecule has 0 saturated carbocycles. The van der Waals surface area contributed by atoms with Crippen molar-refractivity contribution in [3.8, 4) is 0 Å². The highest BCUT2D eigenvalue weighted by Gasteiger charge is 2.38. The molecule has 11 heteroatoms. The Morgan fingerprint density at radius 2 is 2.20 bits per heavy atom. The average Bonchev–Trinajstić information content (AvgIpc) is 3.09. The smallest absolute Gasteiger partial charge is 0.252 e. The summed E-state index contributed by atoms with van der Waals surface area (Å²) in [6.45, 7) is 0.469. The number of hydrogen-bond acceptors (Lipinski definition) is 6. The molecule has 3 N–H and O–H groups in total. The van der Waals surface area contributed by atoms with E-state index in [2.05, 4.69) is 26.3 Å². The largest absolute Gasteiger partial charge is 0.378 e. The Kier molecular flexibility index (Phi) is 4.75. The highest BCUT2D eigenvalue weighted by atomic mass is 79.9. The number of fused-ring (bicyclic) bond motifs is 1. The van der Waals surface area contributed by atoms with Gasteiger partial charge in [-0.3, -0.25) is 4.79 Å². The number of halogens is 1. The number of amides is 1. The SMILES string of the molecule is CO[C@@H]1CN(S(C)(=O)=O)C[C@H]1Nc1c(C(N)=O)cnn2cc(Br)cc12. The van der Waals surface area contributed by atoms with Gasteiger partial charge in [0.1, 0.15) is 0 Å². The zero-order valence-corrected chi connectivity index (χ0v) is 16.0. The number of primary amides is 1. The average molecular weight is 432 g/mol. The van der Waals surface area contributed by atoms with Gasteiger partial charge in [0.25, 0.3) is 5.91 Å². The molecule has 0 bridgehead atoms. The second kappa shape index (κ2) is 6.56. The van der Waals surface area contributed by atoms with Crippen molar-refractivity contribution in [2.75, 3.05) is 31.8 Å². The lowest BCUT2D eigenvalue weighted by molar-refractivity contribution is 0.0998. The standard InChI is InChI=1S/C14H18BrN5O4S/c1-24-12-7-19(25(2,22)23)6-10(12)18-13-9(14(16)21)4-17-20-5-8(15)3-11(13)20/h3-5,10,12,18H,6-7H2,1-2H3,(H2,16,21)/t10-,12-/m1/s1. The highest BCUT2D eigenvalue weighted by molar-refractivity contribution is 9.10. The molecule has 2 atom stereocenters. The number of sulfonamides is 1. The topological polar surface area (TPSA) is 119 Å². The molecular formula is C14H18BrN5O4S. The number of anilines is 1. The number of ether oxygens (including phenoxy) is 1. The monoisotopic (exact) mass is 431 g/mol. The molecule has 9 nitrogen and oxygen atoms in total. The van der Waals surface area contributed by atoms with Gasteiger partial charge in [-0.1, -0.05) is 0 Å². The maximum Gasteiger partial charge on any atom is 0.252 e. The number of nitrogens with zero attached hydrogens (tertiary/aromatic N) is 3. The number of carbonyl (C=O) groups excluding carboxylic acids is 1. The van der Waals surface area contributed by atoms with Gasteiger partial charge < -0.3 is 15.8 Å². The van der Waals surface area contributed by atoms with Crippen LogP contribution in [0.15, 0.2) is 22.9 Å². The third-order valence-electron chi connectivity index (χ3n) is 4.20. The molecule has 1 fully saturated rings. The van der Waals surface area contributed by atoms with Crippen molar-refractivity contribution in [3.05, 3.63) is 28.5 Å². The molecule has 2 aromatic heterocycles. The van der Waals surface area contributed by atoms with Crippen LogP contribution in [0.5, 0.6) is 0 Å². The number of carbonyl (C=O) groups is 1. The van der Waals surface area contributed by atoms with Crippen molar-refractivity contribution in [1.82, 2.24) is 13.9 Å². The molecule has 3 rings (SSSR count). The van der Waals surface area contributed by atoms with E-state index in [0.29, 0.717) is 11.2 Å². The lowest BCUT2D eigenvalue weighted by Gasteiger charge is -2.21. The van der Waals surface area contributed by atoms with E-state index in [1.54, 1.807) is 16.8 Å². The van der Waals surface area contributed by atoms with Crippen LogP contribution in [0.4, 0.5) is 5.69 Å². The first-order valence-electron chi connectivity index (χ1n) is 7.42. The van der Waals surface area contributed by atoms with Crippen LogP contribution in [0.2, 0.25) is 0 Å². The third kappa shape index (κ3) is 3.50. The molecule has 0 unspecified atom stereocenters. The van der Waals surface area contributed by atoms with Gasteiger partial charge in [-0.25, -0.2) is 12.9 Å². The number of nitrogens with two attached hydrogens (primary N) is 1. The molecule has 0 aliphatic carbocycles. The number of hydrogen-bond donors (Lipinski definition) is 2. The molecule has 0 aromatic carbocycles. The van der Waals surface area contributed by atoms with E-state index in [0.717, 1.165) is 10.7 Å². The number of rotatable bonds is 5. The Morgan fingerprint density at radius 3 is 2.80 bits per heavy atom. The van der Waals surface area contributed by atoms with Crippen LogP contribution < -0.4 is 11.1 Å². The van der Waals surface area contributed by atoms with E-state index in [9.17, 15) is 13.2 Å². The van der Waals surface area contributed by atoms with Crippen LogP contribution in [-0.2, 0) is 14.8 Å². The van der Waals surface area contributed by atoms with E-state index >= 15 is 0 Å². The van der Waals surface area contributed by atoms with E-state index in [-0.39, 0.29) is 30.8 Å². The molecule has 1 saturated heterocycles. The number of nitrogens with one attached hydrogen (secondary N) is 1. The maximum absolute atomic E-state index is 11.8. The summed E-state index contributed by atoms with van der Waals surface area (Å²) >= 11 is 3.38. The minimum atomic E-state index is -3.34. The fourth-order valence-electron chi connectivity index (χ4n) is 2.94. The summed E-state index contributed by atoms with van der Waals surface area (Å²) in [4.78, 5) is 11.8. The molecule has 1 amide bonds. The van der Waals surface area contributed by atoms with Crippen LogP contribution >= 0.6 is 15.9 Å². The summed E-state index contributed by atoms with van der Waals surface area (Å²) in [5.74, 6) is -0.623. The third-order valence-corrected chi connectivity index (χ3v) is 5.87. The molecule has 1 aliphatic heterocycles. The van der Waals surface area contributed by atoms with Gasteiger partial charge >= 0.3 is 0 Å². The van der Waals surface area contributed by atoms with E-state index < -0.39 is 15.9 Å². The number of aromatic nitrogens is 2. The predicted octanol–water partition coefficient (Wildman–Crippen LogP) is 0.266. The molecular weight excluding hydrogens is 414 g/mol. The molecule has 0 radical (unpaired) electrons. The Balaban J connectivity index is 2.01. The van der Waals surface area contributed by atoms with Crippen LogP contribution in [0.25, 0.3) is 5.52 Å². The fraction of sp³-hybridized carbons (Fsp3) is 0.429. The first kappa shape index (κ1) is 18.1. The minimum Gasteiger partial charge on any atom is -0.378 e. The van der Waals surface area contributed by atoms with Gasteiger partial charge in [0.2, 0.25) is 10.0 Å². The maximum atomic E-state index is 11.8. The van der Waals surface area contributed by atoms with E-state index in [4.69, 9.17) is 10.5 Å². The molecule has 2 aromatic rings. The van der Waals surface area contributed by atoms with E-state index in [1.807, 2.05) is 0 Å². The first-order chi connectivity index (χ1) is 11.7. The normalized spacial score (nSPS) is 21.7. The van der Waals surface area contributed by atoms with Crippen LogP contribution in [0, 0.1) is 0 Å². The quantitative estimate of drug-likeness (QED) is 0.700. The summed E-state index contributed by atoms with van der Waals surface area (Å²) in [7, 11) is -1.82. The Hall–Kier alpha value is -1.69. The number of methoxy groups -OCH3 is 1. The summed E-state index contributed by atoms with van der Waals surface area (Å²) < 4.78 is 32.8. The van der Waals surface area contributed by atoms with Crippen LogP contribution in [0.1, 0.15) is 10.4 Å². The van der Waals surface area contributed by atoms with Crippen molar-refractivity contribution in [2.24, 2.45) is 5.73 Å². The van der Waals surface area contributed by atoms with Gasteiger partial charge in [0, 0.05) is 30.9 Å². The first-order valence-corrected chi connectivity index (χ1v) is 10.1. The Morgan fingerprint density at radius 1 is 1.48 bits per heavy atom.